The summed E-state index contributed by atoms with van der Waals surface area (Å²) in [5.41, 5.74) is 2.34. The highest BCUT2D eigenvalue weighted by Crippen LogP contribution is 2.31. The Balaban J connectivity index is 1.68. The summed E-state index contributed by atoms with van der Waals surface area (Å²) in [7, 11) is -4.19. The van der Waals surface area contributed by atoms with Crippen LogP contribution in [-0.4, -0.2) is 31.7 Å². The van der Waals surface area contributed by atoms with Crippen molar-refractivity contribution in [3.63, 3.8) is 0 Å². The predicted octanol–water partition coefficient (Wildman–Crippen LogP) is 4.91. The van der Waals surface area contributed by atoms with Gasteiger partial charge in [0.1, 0.15) is 10.7 Å². The van der Waals surface area contributed by atoms with E-state index in [4.69, 9.17) is 23.2 Å². The zero-order valence-electron chi connectivity index (χ0n) is 16.8. The molecule has 0 N–H and O–H groups in total. The number of fused-ring (bicyclic) bond motifs is 1. The number of carbonyl (C=O) groups excluding carboxylic acids is 1. The smallest absolute Gasteiger partial charge is 0.245 e. The van der Waals surface area contributed by atoms with Crippen molar-refractivity contribution >= 4 is 44.8 Å². The van der Waals surface area contributed by atoms with Crippen LogP contribution >= 0.6 is 23.2 Å². The molecule has 166 valence electrons. The van der Waals surface area contributed by atoms with Crippen LogP contribution in [0.3, 0.4) is 0 Å². The maximum atomic E-state index is 13.5. The van der Waals surface area contributed by atoms with E-state index in [1.807, 2.05) is 24.3 Å². The van der Waals surface area contributed by atoms with Gasteiger partial charge in [-0.2, -0.15) is 4.31 Å². The first-order valence-corrected chi connectivity index (χ1v) is 12.0. The van der Waals surface area contributed by atoms with E-state index in [9.17, 15) is 17.6 Å². The SMILES string of the molecule is O=C(CN(Cc1ccc(F)cc1)S(=O)(=O)c1cc(Cl)ccc1Cl)N1CCc2ccccc21. The van der Waals surface area contributed by atoms with E-state index in [-0.39, 0.29) is 27.4 Å². The van der Waals surface area contributed by atoms with Gasteiger partial charge in [-0.1, -0.05) is 53.5 Å². The lowest BCUT2D eigenvalue weighted by Gasteiger charge is -2.25. The maximum Gasteiger partial charge on any atom is 0.245 e. The Morgan fingerprint density at radius 3 is 2.50 bits per heavy atom. The number of hydrogen-bond acceptors (Lipinski definition) is 3. The molecule has 0 radical (unpaired) electrons. The number of benzene rings is 3. The second kappa shape index (κ2) is 9.19. The monoisotopic (exact) mass is 492 g/mol. The molecule has 0 spiro atoms. The Labute approximate surface area is 196 Å². The average molecular weight is 493 g/mol. The minimum absolute atomic E-state index is 0.00234. The van der Waals surface area contributed by atoms with Crippen molar-refractivity contribution in [2.24, 2.45) is 0 Å². The molecule has 1 aliphatic heterocycles. The van der Waals surface area contributed by atoms with Crippen molar-refractivity contribution in [1.82, 2.24) is 4.31 Å². The molecule has 1 aliphatic rings. The number of amides is 1. The van der Waals surface area contributed by atoms with Gasteiger partial charge < -0.3 is 4.90 Å². The number of halogens is 3. The summed E-state index contributed by atoms with van der Waals surface area (Å²) in [5, 5.41) is 0.201. The van der Waals surface area contributed by atoms with Crippen molar-refractivity contribution in [2.75, 3.05) is 18.0 Å². The first-order chi connectivity index (χ1) is 15.3. The number of nitrogens with zero attached hydrogens (tertiary/aromatic N) is 2. The van der Waals surface area contributed by atoms with Gasteiger partial charge in [0.25, 0.3) is 0 Å². The number of rotatable bonds is 6. The molecule has 0 aromatic heterocycles. The minimum atomic E-state index is -4.19. The highest BCUT2D eigenvalue weighted by molar-refractivity contribution is 7.89. The summed E-state index contributed by atoms with van der Waals surface area (Å²) >= 11 is 12.2. The third kappa shape index (κ3) is 4.66. The van der Waals surface area contributed by atoms with Gasteiger partial charge in [-0.05, 0) is 53.9 Å². The average Bonchev–Trinajstić information content (AvgIpc) is 3.20. The molecular weight excluding hydrogens is 474 g/mol. The molecule has 0 unspecified atom stereocenters. The number of para-hydroxylation sites is 1. The van der Waals surface area contributed by atoms with Gasteiger partial charge in [0.05, 0.1) is 11.6 Å². The predicted molar refractivity (Wildman–Crippen MR) is 123 cm³/mol. The Bertz CT molecular complexity index is 1270. The zero-order chi connectivity index (χ0) is 22.9. The molecule has 3 aromatic rings. The summed E-state index contributed by atoms with van der Waals surface area (Å²) in [6, 6.07) is 17.1. The Morgan fingerprint density at radius 2 is 1.75 bits per heavy atom. The molecule has 4 rings (SSSR count). The lowest BCUT2D eigenvalue weighted by atomic mass is 10.2. The lowest BCUT2D eigenvalue weighted by Crippen LogP contribution is -2.42. The molecule has 32 heavy (non-hydrogen) atoms. The van der Waals surface area contributed by atoms with Crippen LogP contribution in [0.2, 0.25) is 10.0 Å². The third-order valence-corrected chi connectivity index (χ3v) is 7.79. The fraction of sp³-hybridized carbons (Fsp3) is 0.174. The van der Waals surface area contributed by atoms with Crippen molar-refractivity contribution in [3.8, 4) is 0 Å². The molecule has 0 atom stereocenters. The highest BCUT2D eigenvalue weighted by Gasteiger charge is 2.32. The topological polar surface area (TPSA) is 57.7 Å². The Hall–Kier alpha value is -2.45. The van der Waals surface area contributed by atoms with Gasteiger partial charge in [0, 0.05) is 23.8 Å². The van der Waals surface area contributed by atoms with E-state index >= 15 is 0 Å². The Kier molecular flexibility index (Phi) is 6.53. The molecule has 3 aromatic carbocycles. The first-order valence-electron chi connectivity index (χ1n) is 9.83. The van der Waals surface area contributed by atoms with Gasteiger partial charge in [0.15, 0.2) is 0 Å². The van der Waals surface area contributed by atoms with Crippen LogP contribution in [-0.2, 0) is 27.8 Å². The quantitative estimate of drug-likeness (QED) is 0.490. The number of hydrogen-bond donors (Lipinski definition) is 0. The summed E-state index contributed by atoms with van der Waals surface area (Å²) in [6.07, 6.45) is 0.701. The fourth-order valence-electron chi connectivity index (χ4n) is 3.67. The van der Waals surface area contributed by atoms with Gasteiger partial charge in [0.2, 0.25) is 15.9 Å². The van der Waals surface area contributed by atoms with E-state index in [2.05, 4.69) is 0 Å². The fourth-order valence-corrected chi connectivity index (χ4v) is 5.78. The standard InChI is InChI=1S/C23H19Cl2FN2O3S/c24-18-7-10-20(25)22(13-18)32(30,31)27(14-16-5-8-19(26)9-6-16)15-23(29)28-12-11-17-3-1-2-4-21(17)28/h1-10,13H,11-12,14-15H2. The van der Waals surface area contributed by atoms with Gasteiger partial charge in [-0.25, -0.2) is 12.8 Å². The highest BCUT2D eigenvalue weighted by atomic mass is 35.5. The van der Waals surface area contributed by atoms with E-state index in [1.165, 1.54) is 42.5 Å². The molecule has 0 aliphatic carbocycles. The minimum Gasteiger partial charge on any atom is -0.311 e. The van der Waals surface area contributed by atoms with Crippen molar-refractivity contribution in [2.45, 2.75) is 17.9 Å². The van der Waals surface area contributed by atoms with Crippen LogP contribution in [0.25, 0.3) is 0 Å². The first kappa shape index (κ1) is 22.7. The molecule has 0 fully saturated rings. The van der Waals surface area contributed by atoms with E-state index in [1.54, 1.807) is 4.90 Å². The summed E-state index contributed by atoms with van der Waals surface area (Å²) in [4.78, 5) is 14.6. The van der Waals surface area contributed by atoms with E-state index in [0.717, 1.165) is 15.6 Å². The number of sulfonamides is 1. The van der Waals surface area contributed by atoms with Gasteiger partial charge in [-0.15, -0.1) is 0 Å². The van der Waals surface area contributed by atoms with Gasteiger partial charge in [-0.3, -0.25) is 4.79 Å². The second-order valence-electron chi connectivity index (χ2n) is 7.40. The molecule has 9 heteroatoms. The molecular formula is C23H19Cl2FN2O3S. The van der Waals surface area contributed by atoms with Gasteiger partial charge >= 0.3 is 0 Å². The number of carbonyl (C=O) groups is 1. The van der Waals surface area contributed by atoms with E-state index < -0.39 is 22.4 Å². The molecule has 1 amide bonds. The molecule has 0 saturated carbocycles. The zero-order valence-corrected chi connectivity index (χ0v) is 19.2. The lowest BCUT2D eigenvalue weighted by molar-refractivity contribution is -0.118. The van der Waals surface area contributed by atoms with E-state index in [0.29, 0.717) is 18.5 Å². The summed E-state index contributed by atoms with van der Waals surface area (Å²) < 4.78 is 41.4. The molecule has 0 bridgehead atoms. The maximum absolute atomic E-state index is 13.5. The third-order valence-electron chi connectivity index (χ3n) is 5.28. The second-order valence-corrected chi connectivity index (χ2v) is 10.1. The molecule has 5 nitrogen and oxygen atoms in total. The summed E-state index contributed by atoms with van der Waals surface area (Å²) in [6.45, 7) is -0.0654. The summed E-state index contributed by atoms with van der Waals surface area (Å²) in [5.74, 6) is -0.801. The van der Waals surface area contributed by atoms with Crippen LogP contribution in [0.15, 0.2) is 71.6 Å². The number of anilines is 1. The normalized spacial score (nSPS) is 13.4. The van der Waals surface area contributed by atoms with Crippen LogP contribution in [0.5, 0.6) is 0 Å². The Morgan fingerprint density at radius 1 is 1.03 bits per heavy atom. The van der Waals surface area contributed by atoms with Crippen molar-refractivity contribution in [1.29, 1.82) is 0 Å². The molecule has 1 heterocycles. The molecule has 0 saturated heterocycles. The van der Waals surface area contributed by atoms with Crippen LogP contribution < -0.4 is 4.90 Å². The van der Waals surface area contributed by atoms with Crippen LogP contribution in [0.4, 0.5) is 10.1 Å². The van der Waals surface area contributed by atoms with Crippen LogP contribution in [0.1, 0.15) is 11.1 Å². The van der Waals surface area contributed by atoms with Crippen molar-refractivity contribution < 1.29 is 17.6 Å². The largest absolute Gasteiger partial charge is 0.311 e. The van der Waals surface area contributed by atoms with Crippen molar-refractivity contribution in [3.05, 3.63) is 93.7 Å². The van der Waals surface area contributed by atoms with Crippen LogP contribution in [0, 0.1) is 5.82 Å².